The number of pyridine rings is 1. The first-order valence-electron chi connectivity index (χ1n) is 6.66. The summed E-state index contributed by atoms with van der Waals surface area (Å²) in [7, 11) is 1.70. The number of nitrogens with zero attached hydrogens (tertiary/aromatic N) is 1. The van der Waals surface area contributed by atoms with E-state index in [4.69, 9.17) is 9.47 Å². The van der Waals surface area contributed by atoms with Gasteiger partial charge in [-0.3, -0.25) is 4.98 Å². The minimum Gasteiger partial charge on any atom is -0.385 e. The number of halogens is 1. The summed E-state index contributed by atoms with van der Waals surface area (Å²) in [5, 5.41) is 4.48. The molecule has 1 N–H and O–H groups in total. The number of anilines is 1. The first kappa shape index (κ1) is 15.2. The van der Waals surface area contributed by atoms with Gasteiger partial charge in [0.15, 0.2) is 0 Å². The monoisotopic (exact) mass is 338 g/mol. The molecular formula is C15H19BrN2O2. The number of fused-ring (bicyclic) bond motifs is 1. The second-order valence-electron chi connectivity index (χ2n) is 4.42. The summed E-state index contributed by atoms with van der Waals surface area (Å²) in [4.78, 5) is 4.45. The van der Waals surface area contributed by atoms with Gasteiger partial charge in [0.05, 0.1) is 17.8 Å². The van der Waals surface area contributed by atoms with Crippen LogP contribution in [0, 0.1) is 0 Å². The van der Waals surface area contributed by atoms with Crippen LogP contribution >= 0.6 is 15.9 Å². The summed E-state index contributed by atoms with van der Waals surface area (Å²) in [5.41, 5.74) is 2.02. The number of hydrogen-bond donors (Lipinski definition) is 1. The molecule has 1 heterocycles. The van der Waals surface area contributed by atoms with Crippen LogP contribution in [-0.4, -0.2) is 38.5 Å². The van der Waals surface area contributed by atoms with E-state index in [2.05, 4.69) is 38.4 Å². The maximum Gasteiger partial charge on any atom is 0.0934 e. The summed E-state index contributed by atoms with van der Waals surface area (Å²) >= 11 is 3.44. The van der Waals surface area contributed by atoms with Crippen LogP contribution in [-0.2, 0) is 9.47 Å². The Hall–Kier alpha value is -1.17. The van der Waals surface area contributed by atoms with Gasteiger partial charge >= 0.3 is 0 Å². The molecule has 0 aliphatic carbocycles. The highest BCUT2D eigenvalue weighted by Crippen LogP contribution is 2.23. The molecule has 0 aliphatic heterocycles. The molecule has 0 radical (unpaired) electrons. The van der Waals surface area contributed by atoms with E-state index in [1.807, 2.05) is 18.3 Å². The molecule has 2 aromatic rings. The van der Waals surface area contributed by atoms with Gasteiger partial charge in [0.25, 0.3) is 0 Å². The van der Waals surface area contributed by atoms with E-state index in [9.17, 15) is 0 Å². The van der Waals surface area contributed by atoms with Crippen molar-refractivity contribution in [1.82, 2.24) is 4.98 Å². The molecule has 0 atom stereocenters. The normalized spacial score (nSPS) is 10.9. The van der Waals surface area contributed by atoms with Crippen LogP contribution in [0.5, 0.6) is 0 Å². The molecule has 0 bridgehead atoms. The molecule has 0 unspecified atom stereocenters. The van der Waals surface area contributed by atoms with Crippen LogP contribution in [0.25, 0.3) is 10.9 Å². The van der Waals surface area contributed by atoms with Gasteiger partial charge in [-0.1, -0.05) is 12.1 Å². The highest BCUT2D eigenvalue weighted by atomic mass is 79.9. The standard InChI is InChI=1S/C15H19BrN2O2/c1-19-7-3-8-20-9-6-17-14-5-2-4-12-10-13(16)11-18-15(12)14/h2,4-5,10-11,17H,3,6-9H2,1H3. The first-order chi connectivity index (χ1) is 9.81. The molecule has 0 fully saturated rings. The number of methoxy groups -OCH3 is 1. The summed E-state index contributed by atoms with van der Waals surface area (Å²) < 4.78 is 11.5. The van der Waals surface area contributed by atoms with Crippen molar-refractivity contribution in [2.24, 2.45) is 0 Å². The second-order valence-corrected chi connectivity index (χ2v) is 5.33. The van der Waals surface area contributed by atoms with E-state index in [0.29, 0.717) is 6.61 Å². The molecule has 2 rings (SSSR count). The summed E-state index contributed by atoms with van der Waals surface area (Å²) in [6.45, 7) is 2.92. The smallest absolute Gasteiger partial charge is 0.0934 e. The van der Waals surface area contributed by atoms with Gasteiger partial charge in [0.2, 0.25) is 0 Å². The van der Waals surface area contributed by atoms with Gasteiger partial charge in [-0.05, 0) is 34.5 Å². The average molecular weight is 339 g/mol. The van der Waals surface area contributed by atoms with Crippen molar-refractivity contribution in [3.8, 4) is 0 Å². The van der Waals surface area contributed by atoms with Crippen LogP contribution in [0.4, 0.5) is 5.69 Å². The lowest BCUT2D eigenvalue weighted by Crippen LogP contribution is -2.11. The number of nitrogens with one attached hydrogen (secondary N) is 1. The highest BCUT2D eigenvalue weighted by molar-refractivity contribution is 9.10. The molecule has 20 heavy (non-hydrogen) atoms. The van der Waals surface area contributed by atoms with Gasteiger partial charge in [-0.25, -0.2) is 0 Å². The summed E-state index contributed by atoms with van der Waals surface area (Å²) in [6, 6.07) is 8.18. The lowest BCUT2D eigenvalue weighted by Gasteiger charge is -2.09. The lowest BCUT2D eigenvalue weighted by atomic mass is 10.2. The van der Waals surface area contributed by atoms with E-state index in [0.717, 1.165) is 47.2 Å². The third kappa shape index (κ3) is 4.44. The number of aromatic nitrogens is 1. The van der Waals surface area contributed by atoms with Crippen molar-refractivity contribution in [3.63, 3.8) is 0 Å². The van der Waals surface area contributed by atoms with Crippen molar-refractivity contribution in [2.75, 3.05) is 38.8 Å². The molecule has 5 heteroatoms. The van der Waals surface area contributed by atoms with E-state index in [1.54, 1.807) is 7.11 Å². The minimum atomic E-state index is 0.677. The Bertz CT molecular complexity index is 548. The number of rotatable bonds is 8. The average Bonchev–Trinajstić information content (AvgIpc) is 2.46. The molecule has 4 nitrogen and oxygen atoms in total. The van der Waals surface area contributed by atoms with Crippen molar-refractivity contribution in [1.29, 1.82) is 0 Å². The number of ether oxygens (including phenoxy) is 2. The van der Waals surface area contributed by atoms with Gasteiger partial charge in [0, 0.05) is 42.9 Å². The fraction of sp³-hybridized carbons (Fsp3) is 0.400. The number of benzene rings is 1. The number of para-hydroxylation sites is 1. The Morgan fingerprint density at radius 2 is 2.15 bits per heavy atom. The van der Waals surface area contributed by atoms with Crippen LogP contribution in [0.15, 0.2) is 34.9 Å². The van der Waals surface area contributed by atoms with Crippen LogP contribution in [0.1, 0.15) is 6.42 Å². The van der Waals surface area contributed by atoms with Gasteiger partial charge in [-0.2, -0.15) is 0 Å². The quantitative estimate of drug-likeness (QED) is 0.748. The maximum atomic E-state index is 5.52. The zero-order valence-corrected chi connectivity index (χ0v) is 13.1. The Labute approximate surface area is 127 Å². The topological polar surface area (TPSA) is 43.4 Å². The lowest BCUT2D eigenvalue weighted by molar-refractivity contribution is 0.109. The zero-order valence-electron chi connectivity index (χ0n) is 11.6. The maximum absolute atomic E-state index is 5.52. The zero-order chi connectivity index (χ0) is 14.2. The summed E-state index contributed by atoms with van der Waals surface area (Å²) in [5.74, 6) is 0. The van der Waals surface area contributed by atoms with E-state index in [-0.39, 0.29) is 0 Å². The Kier molecular flexibility index (Phi) is 6.24. The fourth-order valence-electron chi connectivity index (χ4n) is 1.94. The molecule has 1 aromatic carbocycles. The second kappa shape index (κ2) is 8.19. The van der Waals surface area contributed by atoms with Crippen molar-refractivity contribution >= 4 is 32.5 Å². The highest BCUT2D eigenvalue weighted by Gasteiger charge is 2.02. The SMILES string of the molecule is COCCCOCCNc1cccc2cc(Br)cnc12. The third-order valence-corrected chi connectivity index (χ3v) is 3.31. The molecule has 1 aromatic heterocycles. The van der Waals surface area contributed by atoms with Crippen LogP contribution < -0.4 is 5.32 Å². The van der Waals surface area contributed by atoms with Crippen molar-refractivity contribution in [3.05, 3.63) is 34.9 Å². The van der Waals surface area contributed by atoms with Gasteiger partial charge in [0.1, 0.15) is 0 Å². The van der Waals surface area contributed by atoms with Crippen molar-refractivity contribution in [2.45, 2.75) is 6.42 Å². The Morgan fingerprint density at radius 3 is 3.00 bits per heavy atom. The predicted octanol–water partition coefficient (Wildman–Crippen LogP) is 3.46. The summed E-state index contributed by atoms with van der Waals surface area (Å²) in [6.07, 6.45) is 2.75. The van der Waals surface area contributed by atoms with Crippen molar-refractivity contribution < 1.29 is 9.47 Å². The first-order valence-corrected chi connectivity index (χ1v) is 7.45. The molecule has 0 saturated carbocycles. The van der Waals surface area contributed by atoms with E-state index >= 15 is 0 Å². The molecule has 0 spiro atoms. The Morgan fingerprint density at radius 1 is 1.25 bits per heavy atom. The molecule has 0 aliphatic rings. The van der Waals surface area contributed by atoms with Crippen LogP contribution in [0.3, 0.4) is 0 Å². The van der Waals surface area contributed by atoms with E-state index in [1.165, 1.54) is 0 Å². The largest absolute Gasteiger partial charge is 0.385 e. The Balaban J connectivity index is 1.84. The van der Waals surface area contributed by atoms with Gasteiger partial charge in [-0.15, -0.1) is 0 Å². The minimum absolute atomic E-state index is 0.677. The number of hydrogen-bond acceptors (Lipinski definition) is 4. The van der Waals surface area contributed by atoms with Gasteiger partial charge < -0.3 is 14.8 Å². The molecule has 108 valence electrons. The predicted molar refractivity (Wildman–Crippen MR) is 85.2 cm³/mol. The molecule has 0 saturated heterocycles. The third-order valence-electron chi connectivity index (χ3n) is 2.88. The van der Waals surface area contributed by atoms with E-state index < -0.39 is 0 Å². The van der Waals surface area contributed by atoms with Crippen LogP contribution in [0.2, 0.25) is 0 Å². The molecule has 0 amide bonds. The fourth-order valence-corrected chi connectivity index (χ4v) is 2.29. The molecular weight excluding hydrogens is 320 g/mol.